The van der Waals surface area contributed by atoms with Crippen molar-refractivity contribution in [1.29, 1.82) is 0 Å². The molecule has 0 unspecified atom stereocenters. The lowest BCUT2D eigenvalue weighted by molar-refractivity contribution is -0.119. The highest BCUT2D eigenvalue weighted by Crippen LogP contribution is 2.38. The van der Waals surface area contributed by atoms with E-state index in [0.29, 0.717) is 17.8 Å². The number of carbonyl (C=O) groups excluding carboxylic acids is 2. The van der Waals surface area contributed by atoms with E-state index >= 15 is 0 Å². The third-order valence-corrected chi connectivity index (χ3v) is 7.38. The number of anilines is 1. The van der Waals surface area contributed by atoms with Gasteiger partial charge in [0, 0.05) is 36.0 Å². The van der Waals surface area contributed by atoms with Crippen LogP contribution in [0.2, 0.25) is 0 Å². The summed E-state index contributed by atoms with van der Waals surface area (Å²) in [7, 11) is 0. The normalized spacial score (nSPS) is 18.1. The minimum atomic E-state index is -4.52. The Hall–Kier alpha value is -2.87. The molecule has 3 N–H and O–H groups in total. The van der Waals surface area contributed by atoms with Crippen LogP contribution in [0.15, 0.2) is 12.3 Å². The van der Waals surface area contributed by atoms with E-state index in [-0.39, 0.29) is 27.8 Å². The molecular formula is C26H36F5N5O3S. The standard InChI is InChI=1S/C17H19F5N4O2S.C7H11NO.C2H6/c1-8-12(29-15(26-8)14(27)25-6-16(2,3)28)10-5-23-11(4-9(10)13(18)19)24-7-17(20,21)22;9-5-8-6-1-2-7(8)4-3-6;1-2/h4-5,13,28H,6-7H2,1-3H3,(H,23,24)(H,25,27);5-7H,1-4H2;1-2H3. The maximum atomic E-state index is 13.5. The Morgan fingerprint density at radius 1 is 1.18 bits per heavy atom. The SMILES string of the molecule is CC.Cc1nc(C(=O)NCC(C)(C)O)sc1-c1cnc(NCC(F)(F)F)cc1C(F)F.O=CN1C2CCC1CC2. The summed E-state index contributed by atoms with van der Waals surface area (Å²) in [5, 5.41) is 14.1. The number of pyridine rings is 1. The van der Waals surface area contributed by atoms with Crippen LogP contribution >= 0.6 is 11.3 Å². The van der Waals surface area contributed by atoms with Gasteiger partial charge in [0.1, 0.15) is 12.4 Å². The quantitative estimate of drug-likeness (QED) is 0.267. The predicted octanol–water partition coefficient (Wildman–Crippen LogP) is 5.72. The second-order valence-electron chi connectivity index (χ2n) is 9.87. The maximum Gasteiger partial charge on any atom is 0.405 e. The summed E-state index contributed by atoms with van der Waals surface area (Å²) in [6, 6.07) is 2.08. The molecule has 40 heavy (non-hydrogen) atoms. The van der Waals surface area contributed by atoms with Crippen LogP contribution in [0.3, 0.4) is 0 Å². The number of aliphatic hydroxyl groups is 1. The Morgan fingerprint density at radius 2 is 1.75 bits per heavy atom. The zero-order valence-electron chi connectivity index (χ0n) is 23.1. The number of fused-ring (bicyclic) bond motifs is 2. The van der Waals surface area contributed by atoms with Crippen molar-refractivity contribution < 1.29 is 36.6 Å². The number of hydrogen-bond donors (Lipinski definition) is 3. The monoisotopic (exact) mass is 593 g/mol. The largest absolute Gasteiger partial charge is 0.405 e. The summed E-state index contributed by atoms with van der Waals surface area (Å²) in [5.41, 5.74) is -1.39. The van der Waals surface area contributed by atoms with Gasteiger partial charge in [0.2, 0.25) is 6.41 Å². The van der Waals surface area contributed by atoms with Gasteiger partial charge in [0.05, 0.1) is 16.2 Å². The van der Waals surface area contributed by atoms with Crippen LogP contribution in [0.5, 0.6) is 0 Å². The van der Waals surface area contributed by atoms with Crippen molar-refractivity contribution >= 4 is 29.5 Å². The fraction of sp³-hybridized carbons (Fsp3) is 0.615. The number of nitrogens with zero attached hydrogens (tertiary/aromatic N) is 3. The third kappa shape index (κ3) is 9.36. The lowest BCUT2D eigenvalue weighted by Crippen LogP contribution is -2.38. The zero-order valence-corrected chi connectivity index (χ0v) is 23.9. The van der Waals surface area contributed by atoms with Crippen LogP contribution in [0.25, 0.3) is 10.4 Å². The van der Waals surface area contributed by atoms with E-state index in [9.17, 15) is 36.6 Å². The molecule has 2 aromatic heterocycles. The molecule has 8 nitrogen and oxygen atoms in total. The first-order chi connectivity index (χ1) is 18.7. The smallest absolute Gasteiger partial charge is 0.389 e. The van der Waals surface area contributed by atoms with Crippen molar-refractivity contribution in [3.05, 3.63) is 28.5 Å². The molecule has 2 aromatic rings. The Morgan fingerprint density at radius 3 is 2.20 bits per heavy atom. The molecule has 0 atom stereocenters. The molecule has 0 radical (unpaired) electrons. The summed E-state index contributed by atoms with van der Waals surface area (Å²) in [4.78, 5) is 32.7. The average Bonchev–Trinajstić information content (AvgIpc) is 3.60. The molecule has 0 aliphatic carbocycles. The van der Waals surface area contributed by atoms with Crippen molar-refractivity contribution in [3.8, 4) is 10.4 Å². The van der Waals surface area contributed by atoms with Gasteiger partial charge in [-0.15, -0.1) is 11.3 Å². The highest BCUT2D eigenvalue weighted by atomic mass is 32.1. The molecule has 0 aromatic carbocycles. The number of hydrogen-bond acceptors (Lipinski definition) is 7. The van der Waals surface area contributed by atoms with Crippen molar-refractivity contribution in [2.75, 3.05) is 18.4 Å². The van der Waals surface area contributed by atoms with Crippen molar-refractivity contribution in [2.45, 2.75) is 90.6 Å². The summed E-state index contributed by atoms with van der Waals surface area (Å²) in [6.45, 7) is 7.07. The highest BCUT2D eigenvalue weighted by Gasteiger charge is 2.38. The van der Waals surface area contributed by atoms with Gasteiger partial charge in [0.25, 0.3) is 12.3 Å². The van der Waals surface area contributed by atoms with E-state index in [1.54, 1.807) is 0 Å². The number of aryl methyl sites for hydroxylation is 1. The number of amides is 2. The van der Waals surface area contributed by atoms with E-state index in [1.807, 2.05) is 24.1 Å². The van der Waals surface area contributed by atoms with Crippen LogP contribution in [-0.2, 0) is 4.79 Å². The fourth-order valence-electron chi connectivity index (χ4n) is 4.37. The molecule has 2 saturated heterocycles. The first kappa shape index (κ1) is 33.3. The molecule has 2 aliphatic rings. The third-order valence-electron chi connectivity index (χ3n) is 6.19. The summed E-state index contributed by atoms with van der Waals surface area (Å²) < 4.78 is 64.0. The van der Waals surface area contributed by atoms with Crippen LogP contribution in [0.1, 0.15) is 80.9 Å². The second kappa shape index (κ2) is 14.2. The Labute approximate surface area is 234 Å². The lowest BCUT2D eigenvalue weighted by atomic mass is 10.0. The molecular weight excluding hydrogens is 557 g/mol. The molecule has 2 amide bonds. The number of halogens is 5. The molecule has 2 fully saturated rings. The first-order valence-corrected chi connectivity index (χ1v) is 13.8. The lowest BCUT2D eigenvalue weighted by Gasteiger charge is -2.16. The fourth-order valence-corrected chi connectivity index (χ4v) is 5.38. The van der Waals surface area contributed by atoms with Crippen LogP contribution < -0.4 is 10.6 Å². The minimum absolute atomic E-state index is 0.00115. The van der Waals surface area contributed by atoms with Gasteiger partial charge in [-0.3, -0.25) is 9.59 Å². The van der Waals surface area contributed by atoms with Gasteiger partial charge < -0.3 is 20.6 Å². The first-order valence-electron chi connectivity index (χ1n) is 13.0. The Bertz CT molecular complexity index is 1120. The number of rotatable bonds is 8. The number of thiazole rings is 1. The van der Waals surface area contributed by atoms with E-state index in [1.165, 1.54) is 46.5 Å². The summed E-state index contributed by atoms with van der Waals surface area (Å²) in [5.74, 6) is -0.923. The van der Waals surface area contributed by atoms with Crippen molar-refractivity contribution in [3.63, 3.8) is 0 Å². The van der Waals surface area contributed by atoms with Gasteiger partial charge >= 0.3 is 6.18 Å². The topological polar surface area (TPSA) is 107 Å². The van der Waals surface area contributed by atoms with Crippen LogP contribution in [0.4, 0.5) is 27.8 Å². The van der Waals surface area contributed by atoms with Crippen molar-refractivity contribution in [2.24, 2.45) is 0 Å². The highest BCUT2D eigenvalue weighted by molar-refractivity contribution is 7.17. The van der Waals surface area contributed by atoms with E-state index in [2.05, 4.69) is 15.3 Å². The molecule has 0 saturated carbocycles. The number of carbonyl (C=O) groups is 2. The van der Waals surface area contributed by atoms with E-state index in [0.717, 1.165) is 30.0 Å². The van der Waals surface area contributed by atoms with Gasteiger partial charge in [-0.25, -0.2) is 18.7 Å². The molecule has 224 valence electrons. The summed E-state index contributed by atoms with van der Waals surface area (Å²) in [6.07, 6.45) is -0.437. The molecule has 4 rings (SSSR count). The van der Waals surface area contributed by atoms with Crippen molar-refractivity contribution in [1.82, 2.24) is 20.2 Å². The van der Waals surface area contributed by atoms with Gasteiger partial charge in [0.15, 0.2) is 5.01 Å². The van der Waals surface area contributed by atoms with Crippen LogP contribution in [-0.4, -0.2) is 69.2 Å². The van der Waals surface area contributed by atoms with Gasteiger partial charge in [-0.1, -0.05) is 13.8 Å². The van der Waals surface area contributed by atoms with Gasteiger partial charge in [-0.2, -0.15) is 13.2 Å². The zero-order chi connectivity index (χ0) is 30.3. The maximum absolute atomic E-state index is 13.5. The second-order valence-corrected chi connectivity index (χ2v) is 10.9. The molecule has 4 heterocycles. The average molecular weight is 594 g/mol. The Balaban J connectivity index is 0.000000420. The molecule has 0 spiro atoms. The summed E-state index contributed by atoms with van der Waals surface area (Å²) >= 11 is 0.848. The van der Waals surface area contributed by atoms with Gasteiger partial charge in [-0.05, 0) is 52.5 Å². The van der Waals surface area contributed by atoms with E-state index < -0.39 is 36.2 Å². The van der Waals surface area contributed by atoms with Crippen LogP contribution in [0, 0.1) is 6.92 Å². The molecule has 14 heteroatoms. The number of nitrogens with one attached hydrogen (secondary N) is 2. The molecule has 2 aliphatic heterocycles. The molecule has 2 bridgehead atoms. The number of alkyl halides is 5. The number of aromatic nitrogens is 2. The minimum Gasteiger partial charge on any atom is -0.389 e. The predicted molar refractivity (Wildman–Crippen MR) is 144 cm³/mol. The Kier molecular flexibility index (Phi) is 11.8. The van der Waals surface area contributed by atoms with E-state index in [4.69, 9.17) is 0 Å².